The van der Waals surface area contributed by atoms with E-state index in [0.29, 0.717) is 21.8 Å². The minimum atomic E-state index is -4.13. The van der Waals surface area contributed by atoms with Gasteiger partial charge in [0.05, 0.1) is 18.2 Å². The number of anilines is 1. The zero-order valence-corrected chi connectivity index (χ0v) is 19.8. The molecular formula is C26H20ClN3O3S. The number of halogens is 1. The lowest BCUT2D eigenvalue weighted by Gasteiger charge is -2.38. The summed E-state index contributed by atoms with van der Waals surface area (Å²) in [5.74, 6) is -0.938. The van der Waals surface area contributed by atoms with E-state index in [1.165, 1.54) is 4.31 Å². The molecule has 2 heterocycles. The average Bonchev–Trinajstić information content (AvgIpc) is 2.82. The van der Waals surface area contributed by atoms with Gasteiger partial charge < -0.3 is 10.5 Å². The summed E-state index contributed by atoms with van der Waals surface area (Å²) in [7, 11) is -4.13. The number of hydrogen-bond acceptors (Lipinski definition) is 5. The predicted molar refractivity (Wildman–Crippen MR) is 132 cm³/mol. The zero-order valence-electron chi connectivity index (χ0n) is 18.2. The molecule has 0 spiro atoms. The third kappa shape index (κ3) is 3.43. The number of allylic oxidation sites excluding steroid dienone is 2. The van der Waals surface area contributed by atoms with Gasteiger partial charge >= 0.3 is 0 Å². The van der Waals surface area contributed by atoms with Crippen LogP contribution in [0.1, 0.15) is 28.2 Å². The molecule has 170 valence electrons. The minimum absolute atomic E-state index is 0.0206. The number of nitrogens with two attached hydrogens (primary N) is 1. The second-order valence-electron chi connectivity index (χ2n) is 8.13. The zero-order chi connectivity index (χ0) is 24.0. The summed E-state index contributed by atoms with van der Waals surface area (Å²) in [5.41, 5.74) is 9.64. The van der Waals surface area contributed by atoms with Crippen molar-refractivity contribution >= 4 is 33.1 Å². The van der Waals surface area contributed by atoms with Gasteiger partial charge in [-0.05, 0) is 47.9 Å². The van der Waals surface area contributed by atoms with E-state index in [1.807, 2.05) is 37.3 Å². The summed E-state index contributed by atoms with van der Waals surface area (Å²) < 4.78 is 35.7. The number of para-hydroxylation sites is 1. The number of benzene rings is 3. The van der Waals surface area contributed by atoms with Gasteiger partial charge in [-0.3, -0.25) is 4.31 Å². The lowest BCUT2D eigenvalue weighted by atomic mass is 9.88. The number of hydrogen-bond donors (Lipinski definition) is 1. The van der Waals surface area contributed by atoms with Gasteiger partial charge in [-0.15, -0.1) is 0 Å². The first-order valence-electron chi connectivity index (χ1n) is 10.6. The van der Waals surface area contributed by atoms with Crippen LogP contribution in [0.15, 0.2) is 89.2 Å². The van der Waals surface area contributed by atoms with Crippen molar-refractivity contribution in [2.75, 3.05) is 4.31 Å². The molecule has 2 N–H and O–H groups in total. The minimum Gasteiger partial charge on any atom is -0.439 e. The van der Waals surface area contributed by atoms with Gasteiger partial charge in [-0.1, -0.05) is 60.1 Å². The van der Waals surface area contributed by atoms with Crippen LogP contribution in [0.3, 0.4) is 0 Å². The smallest absolute Gasteiger partial charge is 0.265 e. The van der Waals surface area contributed by atoms with Gasteiger partial charge in [0, 0.05) is 10.6 Å². The van der Waals surface area contributed by atoms with E-state index in [1.54, 1.807) is 42.5 Å². The Kier molecular flexibility index (Phi) is 5.35. The number of nitriles is 1. The first-order valence-corrected chi connectivity index (χ1v) is 12.4. The highest BCUT2D eigenvalue weighted by Crippen LogP contribution is 2.51. The number of nitrogens with zero attached hydrogens (tertiary/aromatic N) is 2. The third-order valence-corrected chi connectivity index (χ3v) is 8.23. The number of ether oxygens (including phenoxy) is 1. The fourth-order valence-electron chi connectivity index (χ4n) is 4.44. The molecule has 0 aromatic heterocycles. The molecule has 5 rings (SSSR count). The summed E-state index contributed by atoms with van der Waals surface area (Å²) >= 11 is 6.23. The first kappa shape index (κ1) is 22.1. The largest absolute Gasteiger partial charge is 0.439 e. The van der Waals surface area contributed by atoms with Crippen LogP contribution >= 0.6 is 11.6 Å². The SMILES string of the molecule is Cc1ccccc1CN1c2ccccc2C2=C([C@H](c3cccc(Cl)c3)C(C#N)=C(N)O2)S1(=O)=O. The summed E-state index contributed by atoms with van der Waals surface area (Å²) in [4.78, 5) is -0.0206. The van der Waals surface area contributed by atoms with Gasteiger partial charge in [0.1, 0.15) is 16.5 Å². The average molecular weight is 490 g/mol. The molecule has 0 bridgehead atoms. The molecule has 0 aliphatic carbocycles. The Labute approximate surface area is 203 Å². The van der Waals surface area contributed by atoms with Crippen molar-refractivity contribution in [2.45, 2.75) is 19.4 Å². The molecule has 0 fully saturated rings. The highest BCUT2D eigenvalue weighted by Gasteiger charge is 2.47. The van der Waals surface area contributed by atoms with Crippen LogP contribution in [0.25, 0.3) is 5.76 Å². The molecule has 2 aliphatic heterocycles. The van der Waals surface area contributed by atoms with E-state index in [9.17, 15) is 13.7 Å². The molecular weight excluding hydrogens is 470 g/mol. The predicted octanol–water partition coefficient (Wildman–Crippen LogP) is 5.17. The lowest BCUT2D eigenvalue weighted by molar-refractivity contribution is 0.357. The molecule has 0 amide bonds. The van der Waals surface area contributed by atoms with E-state index >= 15 is 0 Å². The van der Waals surface area contributed by atoms with Gasteiger partial charge in [0.2, 0.25) is 5.88 Å². The monoisotopic (exact) mass is 489 g/mol. The van der Waals surface area contributed by atoms with E-state index < -0.39 is 15.9 Å². The van der Waals surface area contributed by atoms with Crippen LogP contribution in [0.2, 0.25) is 5.02 Å². The Balaban J connectivity index is 1.78. The van der Waals surface area contributed by atoms with E-state index in [-0.39, 0.29) is 28.7 Å². The Hall–Kier alpha value is -3.73. The third-order valence-electron chi connectivity index (χ3n) is 6.12. The fraction of sp³-hybridized carbons (Fsp3) is 0.115. The van der Waals surface area contributed by atoms with Crippen LogP contribution in [0.5, 0.6) is 0 Å². The maximum Gasteiger partial charge on any atom is 0.265 e. The lowest BCUT2D eigenvalue weighted by Crippen LogP contribution is -2.39. The van der Waals surface area contributed by atoms with Gasteiger partial charge in [-0.25, -0.2) is 8.42 Å². The van der Waals surface area contributed by atoms with Gasteiger partial charge in [-0.2, -0.15) is 5.26 Å². The molecule has 8 heteroatoms. The number of rotatable bonds is 3. The summed E-state index contributed by atoms with van der Waals surface area (Å²) in [6.45, 7) is 2.07. The Morgan fingerprint density at radius 3 is 2.56 bits per heavy atom. The summed E-state index contributed by atoms with van der Waals surface area (Å²) in [6, 6.07) is 23.6. The van der Waals surface area contributed by atoms with Crippen molar-refractivity contribution < 1.29 is 13.2 Å². The summed E-state index contributed by atoms with van der Waals surface area (Å²) in [5, 5.41) is 10.3. The topological polar surface area (TPSA) is 96.4 Å². The molecule has 3 aromatic carbocycles. The van der Waals surface area contributed by atoms with Crippen LogP contribution < -0.4 is 10.0 Å². The molecule has 0 saturated carbocycles. The summed E-state index contributed by atoms with van der Waals surface area (Å²) in [6.07, 6.45) is 0. The number of sulfonamides is 1. The van der Waals surface area contributed by atoms with Crippen LogP contribution in [0, 0.1) is 18.3 Å². The van der Waals surface area contributed by atoms with E-state index in [4.69, 9.17) is 22.1 Å². The fourth-order valence-corrected chi connectivity index (χ4v) is 6.54. The first-order chi connectivity index (χ1) is 16.3. The Bertz CT molecular complexity index is 1540. The molecule has 0 unspecified atom stereocenters. The molecule has 3 aromatic rings. The van der Waals surface area contributed by atoms with Crippen molar-refractivity contribution in [2.24, 2.45) is 5.73 Å². The highest BCUT2D eigenvalue weighted by atomic mass is 35.5. The molecule has 0 saturated heterocycles. The molecule has 6 nitrogen and oxygen atoms in total. The van der Waals surface area contributed by atoms with Crippen LogP contribution in [-0.4, -0.2) is 8.42 Å². The normalized spacial score (nSPS) is 18.6. The molecule has 2 aliphatic rings. The molecule has 34 heavy (non-hydrogen) atoms. The maximum absolute atomic E-state index is 14.2. The maximum atomic E-state index is 14.2. The van der Waals surface area contributed by atoms with Crippen LogP contribution in [-0.2, 0) is 21.3 Å². The Morgan fingerprint density at radius 2 is 1.82 bits per heavy atom. The van der Waals surface area contributed by atoms with Gasteiger partial charge in [0.25, 0.3) is 10.0 Å². The van der Waals surface area contributed by atoms with Crippen LogP contribution in [0.4, 0.5) is 5.69 Å². The van der Waals surface area contributed by atoms with Crippen molar-refractivity contribution in [1.29, 1.82) is 5.26 Å². The van der Waals surface area contributed by atoms with Crippen molar-refractivity contribution in [3.05, 3.63) is 116 Å². The highest BCUT2D eigenvalue weighted by molar-refractivity contribution is 7.96. The number of aryl methyl sites for hydroxylation is 1. The van der Waals surface area contributed by atoms with E-state index in [2.05, 4.69) is 6.07 Å². The molecule has 1 atom stereocenters. The second-order valence-corrected chi connectivity index (χ2v) is 10.4. The molecule has 0 radical (unpaired) electrons. The quantitative estimate of drug-likeness (QED) is 0.547. The van der Waals surface area contributed by atoms with Crippen molar-refractivity contribution in [1.82, 2.24) is 0 Å². The van der Waals surface area contributed by atoms with Gasteiger partial charge in [0.15, 0.2) is 5.76 Å². The van der Waals surface area contributed by atoms with Crippen molar-refractivity contribution in [3.8, 4) is 6.07 Å². The Morgan fingerprint density at radius 1 is 1.09 bits per heavy atom. The standard InChI is InChI=1S/C26H20ClN3O3S/c1-16-7-2-3-8-18(16)15-30-22-12-5-4-11-20(22)24-25(34(30,31)32)23(21(14-28)26(29)33-24)17-9-6-10-19(27)13-17/h2-13,23H,15,29H2,1H3/t23-/m1/s1. The van der Waals surface area contributed by atoms with E-state index in [0.717, 1.165) is 11.1 Å². The number of fused-ring (bicyclic) bond motifs is 2. The second kappa shape index (κ2) is 8.24. The van der Waals surface area contributed by atoms with Crippen molar-refractivity contribution in [3.63, 3.8) is 0 Å².